The first kappa shape index (κ1) is 18.7. The van der Waals surface area contributed by atoms with Crippen molar-refractivity contribution in [3.63, 3.8) is 0 Å². The van der Waals surface area contributed by atoms with Crippen LogP contribution in [0.3, 0.4) is 0 Å². The zero-order valence-electron chi connectivity index (χ0n) is 15.1. The van der Waals surface area contributed by atoms with Crippen molar-refractivity contribution in [1.29, 1.82) is 0 Å². The van der Waals surface area contributed by atoms with Gasteiger partial charge in [-0.15, -0.1) is 0 Å². The highest BCUT2D eigenvalue weighted by Gasteiger charge is 2.09. The van der Waals surface area contributed by atoms with Crippen LogP contribution in [-0.2, 0) is 6.54 Å². The van der Waals surface area contributed by atoms with Crippen LogP contribution in [0.2, 0.25) is 0 Å². The molecule has 0 aliphatic heterocycles. The fourth-order valence-electron chi connectivity index (χ4n) is 2.46. The van der Waals surface area contributed by atoms with Gasteiger partial charge in [0.2, 0.25) is 5.95 Å². The molecule has 0 unspecified atom stereocenters. The molecule has 25 heavy (non-hydrogen) atoms. The first-order chi connectivity index (χ1) is 11.9. The molecule has 0 bridgehead atoms. The first-order valence-electron chi connectivity index (χ1n) is 8.35. The van der Waals surface area contributed by atoms with E-state index >= 15 is 0 Å². The van der Waals surface area contributed by atoms with Gasteiger partial charge in [0.1, 0.15) is 5.75 Å². The van der Waals surface area contributed by atoms with Crippen LogP contribution in [0.5, 0.6) is 5.75 Å². The maximum Gasteiger partial charge on any atom is 0.252 e. The summed E-state index contributed by atoms with van der Waals surface area (Å²) in [5.41, 5.74) is 5.64. The smallest absolute Gasteiger partial charge is 0.252 e. The van der Waals surface area contributed by atoms with Crippen molar-refractivity contribution in [3.05, 3.63) is 51.4 Å². The number of H-pyrrole nitrogens is 1. The van der Waals surface area contributed by atoms with E-state index in [-0.39, 0.29) is 11.3 Å². The molecule has 2 rings (SSSR count). The predicted molar refractivity (Wildman–Crippen MR) is 100 cm³/mol. The highest BCUT2D eigenvalue weighted by Crippen LogP contribution is 2.21. The van der Waals surface area contributed by atoms with Gasteiger partial charge in [0.25, 0.3) is 5.56 Å². The molecular weight excluding hydrogens is 318 g/mol. The Morgan fingerprint density at radius 2 is 2.04 bits per heavy atom. The minimum Gasteiger partial charge on any atom is -0.508 e. The maximum absolute atomic E-state index is 11.5. The molecule has 3 N–H and O–H groups in total. The van der Waals surface area contributed by atoms with E-state index in [0.717, 1.165) is 29.9 Å². The Morgan fingerprint density at radius 3 is 2.68 bits per heavy atom. The standard InChI is InChI=1S/C18H25N5O2/c1-5-23(6-2)11-15-10-14(7-8-16(15)24)13(4)21-22-18-19-12(3)9-17(25)20-18/h7-10,24H,5-6,11H2,1-4H3,(H2,19,20,22,25)/b21-13+. The summed E-state index contributed by atoms with van der Waals surface area (Å²) in [6.07, 6.45) is 0. The number of aromatic nitrogens is 2. The molecule has 0 atom stereocenters. The fourth-order valence-corrected chi connectivity index (χ4v) is 2.46. The SMILES string of the molecule is CCN(CC)Cc1cc(/C(C)=N/Nc2nc(C)cc(=O)[nH]2)ccc1O. The van der Waals surface area contributed by atoms with Crippen molar-refractivity contribution < 1.29 is 5.11 Å². The average Bonchev–Trinajstić information content (AvgIpc) is 2.58. The molecule has 7 nitrogen and oxygen atoms in total. The number of nitrogens with one attached hydrogen (secondary N) is 2. The number of hydrogen-bond donors (Lipinski definition) is 3. The van der Waals surface area contributed by atoms with Crippen molar-refractivity contribution in [2.45, 2.75) is 34.2 Å². The van der Waals surface area contributed by atoms with Gasteiger partial charge in [-0.05, 0) is 50.7 Å². The van der Waals surface area contributed by atoms with Gasteiger partial charge in [0, 0.05) is 23.9 Å². The molecule has 0 fully saturated rings. The summed E-state index contributed by atoms with van der Waals surface area (Å²) < 4.78 is 0. The number of nitrogens with zero attached hydrogens (tertiary/aromatic N) is 3. The van der Waals surface area contributed by atoms with Crippen LogP contribution < -0.4 is 11.0 Å². The van der Waals surface area contributed by atoms with E-state index < -0.39 is 0 Å². The molecule has 134 valence electrons. The molecule has 0 aliphatic carbocycles. The third-order valence-electron chi connectivity index (χ3n) is 3.98. The van der Waals surface area contributed by atoms with Gasteiger partial charge in [0.05, 0.1) is 5.71 Å². The summed E-state index contributed by atoms with van der Waals surface area (Å²) in [4.78, 5) is 20.4. The number of anilines is 1. The van der Waals surface area contributed by atoms with E-state index in [4.69, 9.17) is 0 Å². The third kappa shape index (κ3) is 5.15. The average molecular weight is 343 g/mol. The van der Waals surface area contributed by atoms with Gasteiger partial charge in [-0.2, -0.15) is 5.10 Å². The van der Waals surface area contributed by atoms with Crippen LogP contribution in [0.1, 0.15) is 37.6 Å². The largest absolute Gasteiger partial charge is 0.508 e. The van der Waals surface area contributed by atoms with Crippen molar-refractivity contribution in [2.24, 2.45) is 5.10 Å². The molecule has 0 aliphatic rings. The normalized spacial score (nSPS) is 11.8. The molecule has 0 spiro atoms. The lowest BCUT2D eigenvalue weighted by Crippen LogP contribution is -2.22. The van der Waals surface area contributed by atoms with E-state index in [1.54, 1.807) is 13.0 Å². The van der Waals surface area contributed by atoms with Gasteiger partial charge < -0.3 is 5.11 Å². The molecular formula is C18H25N5O2. The Bertz CT molecular complexity index is 809. The van der Waals surface area contributed by atoms with Gasteiger partial charge >= 0.3 is 0 Å². The van der Waals surface area contributed by atoms with Gasteiger partial charge in [-0.1, -0.05) is 13.8 Å². The van der Waals surface area contributed by atoms with E-state index in [1.807, 2.05) is 19.1 Å². The number of hydrogen-bond acceptors (Lipinski definition) is 6. The van der Waals surface area contributed by atoms with Crippen LogP contribution in [-0.4, -0.2) is 38.8 Å². The van der Waals surface area contributed by atoms with E-state index in [0.29, 0.717) is 18.2 Å². The van der Waals surface area contributed by atoms with Crippen LogP contribution in [0.25, 0.3) is 0 Å². The molecule has 0 saturated heterocycles. The lowest BCUT2D eigenvalue weighted by molar-refractivity contribution is 0.291. The quantitative estimate of drug-likeness (QED) is 0.530. The second-order valence-corrected chi connectivity index (χ2v) is 5.85. The van der Waals surface area contributed by atoms with Crippen molar-refractivity contribution in [2.75, 3.05) is 18.5 Å². The zero-order valence-corrected chi connectivity index (χ0v) is 15.1. The van der Waals surface area contributed by atoms with Crippen molar-refractivity contribution in [3.8, 4) is 5.75 Å². The van der Waals surface area contributed by atoms with Crippen LogP contribution in [0, 0.1) is 6.92 Å². The molecule has 1 aromatic heterocycles. The van der Waals surface area contributed by atoms with Crippen LogP contribution in [0.4, 0.5) is 5.95 Å². The lowest BCUT2D eigenvalue weighted by atomic mass is 10.1. The van der Waals surface area contributed by atoms with Crippen molar-refractivity contribution >= 4 is 11.7 Å². The molecule has 0 saturated carbocycles. The second kappa shape index (κ2) is 8.43. The number of hydrazone groups is 1. The number of phenols is 1. The van der Waals surface area contributed by atoms with Gasteiger partial charge in [0.15, 0.2) is 0 Å². The number of benzene rings is 1. The second-order valence-electron chi connectivity index (χ2n) is 5.85. The minimum atomic E-state index is -0.228. The summed E-state index contributed by atoms with van der Waals surface area (Å²) in [6.45, 7) is 10.3. The van der Waals surface area contributed by atoms with Crippen LogP contribution >= 0.6 is 0 Å². The molecule has 7 heteroatoms. The van der Waals surface area contributed by atoms with Crippen molar-refractivity contribution in [1.82, 2.24) is 14.9 Å². The Balaban J connectivity index is 2.20. The van der Waals surface area contributed by atoms with E-state index in [2.05, 4.69) is 39.2 Å². The Morgan fingerprint density at radius 1 is 1.32 bits per heavy atom. The summed E-state index contributed by atoms with van der Waals surface area (Å²) in [6, 6.07) is 6.84. The Kier molecular flexibility index (Phi) is 6.30. The van der Waals surface area contributed by atoms with Gasteiger partial charge in [-0.25, -0.2) is 10.4 Å². The molecule has 0 radical (unpaired) electrons. The minimum absolute atomic E-state index is 0.228. The lowest BCUT2D eigenvalue weighted by Gasteiger charge is -2.19. The Labute approximate surface area is 147 Å². The number of aromatic amines is 1. The molecule has 2 aromatic rings. The highest BCUT2D eigenvalue weighted by molar-refractivity contribution is 5.99. The summed E-state index contributed by atoms with van der Waals surface area (Å²) in [7, 11) is 0. The molecule has 0 amide bonds. The monoisotopic (exact) mass is 343 g/mol. The summed E-state index contributed by atoms with van der Waals surface area (Å²) >= 11 is 0. The topological polar surface area (TPSA) is 93.6 Å². The van der Waals surface area contributed by atoms with E-state index in [1.165, 1.54) is 6.07 Å². The third-order valence-corrected chi connectivity index (χ3v) is 3.98. The number of aromatic hydroxyl groups is 1. The molecule has 1 aromatic carbocycles. The predicted octanol–water partition coefficient (Wildman–Crippen LogP) is 2.46. The van der Waals surface area contributed by atoms with Gasteiger partial charge in [-0.3, -0.25) is 14.7 Å². The van der Waals surface area contributed by atoms with Crippen LogP contribution in [0.15, 0.2) is 34.2 Å². The van der Waals surface area contributed by atoms with E-state index in [9.17, 15) is 9.90 Å². The highest BCUT2D eigenvalue weighted by atomic mass is 16.3. The number of phenolic OH excluding ortho intramolecular Hbond substituents is 1. The molecule has 1 heterocycles. The first-order valence-corrected chi connectivity index (χ1v) is 8.35. The fraction of sp³-hybridized carbons (Fsp3) is 0.389. The summed E-state index contributed by atoms with van der Waals surface area (Å²) in [5.74, 6) is 0.576. The zero-order chi connectivity index (χ0) is 18.4. The number of rotatable bonds is 7. The maximum atomic E-state index is 11.5. The number of aryl methyl sites for hydroxylation is 1. The Hall–Kier alpha value is -2.67. The summed E-state index contributed by atoms with van der Waals surface area (Å²) in [5, 5.41) is 14.4.